The molecule has 100 valence electrons. The molecule has 0 saturated carbocycles. The summed E-state index contributed by atoms with van der Waals surface area (Å²) in [6, 6.07) is -0.121. The van der Waals surface area contributed by atoms with Gasteiger partial charge in [0.2, 0.25) is 5.91 Å². The van der Waals surface area contributed by atoms with Gasteiger partial charge in [-0.1, -0.05) is 26.1 Å². The molecule has 1 heterocycles. The van der Waals surface area contributed by atoms with Gasteiger partial charge in [0.1, 0.15) is 5.01 Å². The fraction of sp³-hybridized carbons (Fsp3) is 0.583. The monoisotopic (exact) mass is 285 g/mol. The van der Waals surface area contributed by atoms with E-state index >= 15 is 0 Å². The zero-order valence-electron chi connectivity index (χ0n) is 10.9. The number of aromatic nitrogens is 1. The van der Waals surface area contributed by atoms with Crippen molar-refractivity contribution in [2.24, 2.45) is 11.1 Å². The van der Waals surface area contributed by atoms with E-state index in [0.717, 1.165) is 5.01 Å². The van der Waals surface area contributed by atoms with Gasteiger partial charge >= 0.3 is 0 Å². The molecule has 0 aliphatic rings. The maximum atomic E-state index is 12.4. The van der Waals surface area contributed by atoms with Gasteiger partial charge in [-0.15, -0.1) is 11.3 Å². The minimum atomic E-state index is -0.749. The first-order valence-electron chi connectivity index (χ1n) is 5.98. The number of nitrogens with two attached hydrogens (primary N) is 1. The van der Waals surface area contributed by atoms with Crippen LogP contribution in [0.3, 0.4) is 0 Å². The topological polar surface area (TPSA) is 68.0 Å². The van der Waals surface area contributed by atoms with E-state index in [1.54, 1.807) is 6.20 Å². The average Bonchev–Trinajstić information content (AvgIpc) is 2.84. The van der Waals surface area contributed by atoms with Crippen LogP contribution in [0.2, 0.25) is 0 Å². The standard InChI is InChI=1S/C12H19N3OS2/c1-4-12(5-2,10(13)17)11(16)15-8(3)9-14-6-7-18-9/h6-8H,4-5H2,1-3H3,(H2,13,17)(H,15,16). The van der Waals surface area contributed by atoms with Crippen LogP contribution in [0.1, 0.15) is 44.7 Å². The van der Waals surface area contributed by atoms with Crippen LogP contribution in [0.15, 0.2) is 11.6 Å². The van der Waals surface area contributed by atoms with Crippen molar-refractivity contribution >= 4 is 34.5 Å². The highest BCUT2D eigenvalue weighted by Gasteiger charge is 2.38. The van der Waals surface area contributed by atoms with Crippen molar-refractivity contribution < 1.29 is 4.79 Å². The number of carbonyl (C=O) groups is 1. The van der Waals surface area contributed by atoms with Crippen LogP contribution in [0.4, 0.5) is 0 Å². The molecule has 0 radical (unpaired) electrons. The summed E-state index contributed by atoms with van der Waals surface area (Å²) in [5, 5.41) is 5.72. The highest BCUT2D eigenvalue weighted by Crippen LogP contribution is 2.28. The van der Waals surface area contributed by atoms with E-state index in [-0.39, 0.29) is 16.9 Å². The van der Waals surface area contributed by atoms with Crippen LogP contribution < -0.4 is 11.1 Å². The second kappa shape index (κ2) is 6.24. The zero-order valence-corrected chi connectivity index (χ0v) is 12.5. The van der Waals surface area contributed by atoms with Gasteiger partial charge < -0.3 is 11.1 Å². The summed E-state index contributed by atoms with van der Waals surface area (Å²) < 4.78 is 0. The molecule has 1 atom stereocenters. The molecule has 4 nitrogen and oxygen atoms in total. The predicted octanol–water partition coefficient (Wildman–Crippen LogP) is 2.41. The average molecular weight is 285 g/mol. The molecule has 1 aromatic rings. The first-order chi connectivity index (χ1) is 8.47. The van der Waals surface area contributed by atoms with E-state index in [9.17, 15) is 4.79 Å². The number of thiocarbonyl (C=S) groups is 1. The number of nitrogens with zero attached hydrogens (tertiary/aromatic N) is 1. The molecular formula is C12H19N3OS2. The van der Waals surface area contributed by atoms with Gasteiger partial charge in [0, 0.05) is 11.6 Å². The Morgan fingerprint density at radius 2 is 2.22 bits per heavy atom. The minimum Gasteiger partial charge on any atom is -0.392 e. The molecule has 1 rings (SSSR count). The van der Waals surface area contributed by atoms with Crippen molar-refractivity contribution in [2.75, 3.05) is 0 Å². The second-order valence-electron chi connectivity index (χ2n) is 4.22. The lowest BCUT2D eigenvalue weighted by Gasteiger charge is -2.30. The van der Waals surface area contributed by atoms with Gasteiger partial charge in [-0.2, -0.15) is 0 Å². The lowest BCUT2D eigenvalue weighted by atomic mass is 9.81. The first-order valence-corrected chi connectivity index (χ1v) is 7.27. The molecule has 0 fully saturated rings. The number of hydrogen-bond acceptors (Lipinski definition) is 4. The van der Waals surface area contributed by atoms with E-state index in [2.05, 4.69) is 10.3 Å². The number of hydrogen-bond donors (Lipinski definition) is 2. The maximum Gasteiger partial charge on any atom is 0.233 e. The van der Waals surface area contributed by atoms with E-state index in [1.165, 1.54) is 11.3 Å². The molecule has 18 heavy (non-hydrogen) atoms. The van der Waals surface area contributed by atoms with E-state index in [1.807, 2.05) is 26.2 Å². The van der Waals surface area contributed by atoms with Gasteiger partial charge in [0.05, 0.1) is 16.4 Å². The highest BCUT2D eigenvalue weighted by atomic mass is 32.1. The van der Waals surface area contributed by atoms with Gasteiger partial charge in [-0.25, -0.2) is 4.98 Å². The largest absolute Gasteiger partial charge is 0.392 e. The van der Waals surface area contributed by atoms with Gasteiger partial charge in [-0.3, -0.25) is 4.79 Å². The number of rotatable bonds is 6. The summed E-state index contributed by atoms with van der Waals surface area (Å²) in [5.41, 5.74) is 5.00. The summed E-state index contributed by atoms with van der Waals surface area (Å²) >= 11 is 6.58. The summed E-state index contributed by atoms with van der Waals surface area (Å²) in [5.74, 6) is -0.109. The lowest BCUT2D eigenvalue weighted by molar-refractivity contribution is -0.128. The Labute approximate surface area is 117 Å². The molecule has 0 spiro atoms. The first kappa shape index (κ1) is 15.0. The minimum absolute atomic E-state index is 0.109. The Morgan fingerprint density at radius 1 is 1.61 bits per heavy atom. The normalized spacial score (nSPS) is 13.1. The number of carbonyl (C=O) groups excluding carboxylic acids is 1. The van der Waals surface area contributed by atoms with Gasteiger partial charge in [-0.05, 0) is 19.8 Å². The number of amides is 1. The van der Waals surface area contributed by atoms with Crippen molar-refractivity contribution in [2.45, 2.75) is 39.7 Å². The lowest BCUT2D eigenvalue weighted by Crippen LogP contribution is -2.48. The van der Waals surface area contributed by atoms with Gasteiger partial charge in [0.25, 0.3) is 0 Å². The molecule has 0 saturated heterocycles. The van der Waals surface area contributed by atoms with Crippen LogP contribution in [-0.2, 0) is 4.79 Å². The van der Waals surface area contributed by atoms with Crippen LogP contribution >= 0.6 is 23.6 Å². The van der Waals surface area contributed by atoms with Crippen molar-refractivity contribution in [3.05, 3.63) is 16.6 Å². The summed E-state index contributed by atoms with van der Waals surface area (Å²) in [7, 11) is 0. The molecule has 1 unspecified atom stereocenters. The Hall–Kier alpha value is -1.01. The smallest absolute Gasteiger partial charge is 0.233 e. The van der Waals surface area contributed by atoms with Gasteiger partial charge in [0.15, 0.2) is 0 Å². The van der Waals surface area contributed by atoms with Crippen LogP contribution in [0.5, 0.6) is 0 Å². The van der Waals surface area contributed by atoms with Crippen LogP contribution in [0.25, 0.3) is 0 Å². The molecule has 0 aliphatic heterocycles. The molecule has 0 bridgehead atoms. The Morgan fingerprint density at radius 3 is 2.61 bits per heavy atom. The Balaban J connectivity index is 2.83. The quantitative estimate of drug-likeness (QED) is 0.788. The number of nitrogens with one attached hydrogen (secondary N) is 1. The third kappa shape index (κ3) is 2.87. The molecular weight excluding hydrogens is 266 g/mol. The molecule has 1 amide bonds. The van der Waals surface area contributed by atoms with E-state index < -0.39 is 5.41 Å². The summed E-state index contributed by atoms with van der Waals surface area (Å²) in [6.45, 7) is 5.76. The number of thiazole rings is 1. The van der Waals surface area contributed by atoms with E-state index in [0.29, 0.717) is 12.8 Å². The molecule has 0 aromatic carbocycles. The molecule has 1 aromatic heterocycles. The fourth-order valence-corrected chi connectivity index (χ4v) is 2.90. The fourth-order valence-electron chi connectivity index (χ4n) is 1.88. The second-order valence-corrected chi connectivity index (χ2v) is 5.58. The van der Waals surface area contributed by atoms with Crippen molar-refractivity contribution in [1.82, 2.24) is 10.3 Å². The molecule has 3 N–H and O–H groups in total. The molecule has 6 heteroatoms. The Kier molecular flexibility index (Phi) is 5.22. The van der Waals surface area contributed by atoms with Crippen LogP contribution in [0, 0.1) is 5.41 Å². The van der Waals surface area contributed by atoms with Crippen molar-refractivity contribution in [3.63, 3.8) is 0 Å². The summed E-state index contributed by atoms with van der Waals surface area (Å²) in [6.07, 6.45) is 2.94. The third-order valence-corrected chi connectivity index (χ3v) is 4.63. The summed E-state index contributed by atoms with van der Waals surface area (Å²) in [4.78, 5) is 16.8. The van der Waals surface area contributed by atoms with Crippen molar-refractivity contribution in [3.8, 4) is 0 Å². The predicted molar refractivity (Wildman–Crippen MR) is 78.5 cm³/mol. The zero-order chi connectivity index (χ0) is 13.8. The van der Waals surface area contributed by atoms with Crippen molar-refractivity contribution in [1.29, 1.82) is 0 Å². The molecule has 0 aliphatic carbocycles. The SMILES string of the molecule is CCC(CC)(C(=O)NC(C)c1nccs1)C(N)=S. The maximum absolute atomic E-state index is 12.4. The van der Waals surface area contributed by atoms with Crippen LogP contribution in [-0.4, -0.2) is 15.9 Å². The Bertz CT molecular complexity index is 413. The highest BCUT2D eigenvalue weighted by molar-refractivity contribution is 7.80. The third-order valence-electron chi connectivity index (χ3n) is 3.28. The van der Waals surface area contributed by atoms with E-state index in [4.69, 9.17) is 18.0 Å².